The van der Waals surface area contributed by atoms with Crippen molar-refractivity contribution in [1.29, 1.82) is 0 Å². The van der Waals surface area contributed by atoms with Gasteiger partial charge in [-0.05, 0) is 46.1 Å². The molecule has 16 heavy (non-hydrogen) atoms. The first-order valence-corrected chi connectivity index (χ1v) is 7.70. The quantitative estimate of drug-likeness (QED) is 0.587. The lowest BCUT2D eigenvalue weighted by Crippen LogP contribution is -1.93. The summed E-state index contributed by atoms with van der Waals surface area (Å²) in [4.78, 5) is 1.63. The number of benzene rings is 1. The highest BCUT2D eigenvalue weighted by Gasteiger charge is 2.12. The van der Waals surface area contributed by atoms with E-state index >= 15 is 0 Å². The van der Waals surface area contributed by atoms with Gasteiger partial charge in [-0.1, -0.05) is 45.7 Å². The van der Waals surface area contributed by atoms with Crippen molar-refractivity contribution in [1.82, 2.24) is 0 Å². The molecule has 1 heterocycles. The van der Waals surface area contributed by atoms with Crippen LogP contribution in [0.1, 0.15) is 15.3 Å². The highest BCUT2D eigenvalue weighted by Crippen LogP contribution is 2.35. The second-order valence-electron chi connectivity index (χ2n) is 3.40. The van der Waals surface area contributed by atoms with Crippen LogP contribution in [0.5, 0.6) is 0 Å². The van der Waals surface area contributed by atoms with Crippen molar-refractivity contribution in [3.8, 4) is 0 Å². The molecule has 0 aliphatic rings. The Hall–Kier alpha value is 0.170. The molecule has 0 amide bonds. The minimum absolute atomic E-state index is 0.323. The topological polar surface area (TPSA) is 0 Å². The zero-order valence-corrected chi connectivity index (χ0v) is 13.0. The van der Waals surface area contributed by atoms with Crippen LogP contribution in [0.25, 0.3) is 0 Å². The summed E-state index contributed by atoms with van der Waals surface area (Å²) < 4.78 is 1.16. The van der Waals surface area contributed by atoms with Gasteiger partial charge in [0.15, 0.2) is 0 Å². The maximum absolute atomic E-state index is 6.13. The molecule has 0 aliphatic carbocycles. The van der Waals surface area contributed by atoms with E-state index in [1.165, 1.54) is 10.4 Å². The van der Waals surface area contributed by atoms with Crippen molar-refractivity contribution >= 4 is 54.8 Å². The molecular weight excluding hydrogens is 371 g/mol. The van der Waals surface area contributed by atoms with Gasteiger partial charge in [0, 0.05) is 9.90 Å². The molecule has 0 fully saturated rings. The lowest BCUT2D eigenvalue weighted by atomic mass is 10.1. The molecule has 1 aromatic carbocycles. The van der Waals surface area contributed by atoms with E-state index in [4.69, 9.17) is 11.6 Å². The van der Waals surface area contributed by atoms with Gasteiger partial charge in [-0.2, -0.15) is 0 Å². The van der Waals surface area contributed by atoms with Gasteiger partial charge in [-0.15, -0.1) is 11.3 Å². The lowest BCUT2D eigenvalue weighted by Gasteiger charge is -2.08. The fourth-order valence-corrected chi connectivity index (χ4v) is 3.85. The van der Waals surface area contributed by atoms with Crippen LogP contribution in [0.15, 0.2) is 40.2 Å². The van der Waals surface area contributed by atoms with Crippen LogP contribution in [-0.4, -0.2) is 0 Å². The molecule has 1 aromatic heterocycles. The molecule has 0 saturated carbocycles. The van der Waals surface area contributed by atoms with E-state index in [2.05, 4.69) is 50.1 Å². The van der Waals surface area contributed by atoms with E-state index in [0.717, 1.165) is 15.2 Å². The number of halogens is 3. The van der Waals surface area contributed by atoms with E-state index in [-0.39, 0.29) is 0 Å². The van der Waals surface area contributed by atoms with Gasteiger partial charge in [0.05, 0.1) is 8.61 Å². The van der Waals surface area contributed by atoms with Crippen molar-refractivity contribution in [2.75, 3.05) is 0 Å². The molecular formula is C12H9Br2ClS. The fraction of sp³-hybridized carbons (Fsp3) is 0.167. The van der Waals surface area contributed by atoms with Gasteiger partial charge < -0.3 is 0 Å². The molecule has 0 spiro atoms. The van der Waals surface area contributed by atoms with Gasteiger partial charge in [-0.25, -0.2) is 0 Å². The summed E-state index contributed by atoms with van der Waals surface area (Å²) in [6.07, 6.45) is 0.909. The number of rotatable bonds is 3. The van der Waals surface area contributed by atoms with Crippen LogP contribution >= 0.6 is 54.8 Å². The first-order chi connectivity index (χ1) is 7.66. The molecule has 4 heteroatoms. The summed E-state index contributed by atoms with van der Waals surface area (Å²) in [5, 5.41) is 0.836. The molecule has 84 valence electrons. The van der Waals surface area contributed by atoms with Gasteiger partial charge in [0.25, 0.3) is 0 Å². The first-order valence-electron chi connectivity index (χ1n) is 4.79. The van der Waals surface area contributed by atoms with Crippen molar-refractivity contribution in [3.63, 3.8) is 0 Å². The Morgan fingerprint density at radius 3 is 2.56 bits per heavy atom. The summed E-state index contributed by atoms with van der Waals surface area (Å²) >= 11 is 15.1. The zero-order valence-electron chi connectivity index (χ0n) is 8.29. The van der Waals surface area contributed by atoms with Gasteiger partial charge in [0.2, 0.25) is 0 Å². The summed E-state index contributed by atoms with van der Waals surface area (Å²) in [6, 6.07) is 12.2. The third-order valence-corrected chi connectivity index (χ3v) is 5.49. The number of alkyl halides is 1. The standard InChI is InChI=1S/C12H9Br2ClS/c13-9(11-5-6-12(14)16-11)7-8-3-1-2-4-10(8)15/h1-6,9H,7H2. The Balaban J connectivity index is 2.13. The van der Waals surface area contributed by atoms with Crippen molar-refractivity contribution < 1.29 is 0 Å². The van der Waals surface area contributed by atoms with E-state index in [9.17, 15) is 0 Å². The van der Waals surface area contributed by atoms with Crippen LogP contribution in [0.4, 0.5) is 0 Å². The van der Waals surface area contributed by atoms with E-state index < -0.39 is 0 Å². The third kappa shape index (κ3) is 3.10. The predicted molar refractivity (Wildman–Crippen MR) is 78.8 cm³/mol. The maximum Gasteiger partial charge on any atom is 0.0701 e. The molecule has 0 N–H and O–H groups in total. The van der Waals surface area contributed by atoms with Crippen LogP contribution in [0.3, 0.4) is 0 Å². The van der Waals surface area contributed by atoms with Crippen molar-refractivity contribution in [2.45, 2.75) is 11.2 Å². The second-order valence-corrected chi connectivity index (χ2v) is 7.41. The largest absolute Gasteiger partial charge is 0.132 e. The van der Waals surface area contributed by atoms with Crippen molar-refractivity contribution in [2.24, 2.45) is 0 Å². The molecule has 2 aromatic rings. The van der Waals surface area contributed by atoms with Gasteiger partial charge in [-0.3, -0.25) is 0 Å². The van der Waals surface area contributed by atoms with Crippen LogP contribution < -0.4 is 0 Å². The summed E-state index contributed by atoms with van der Waals surface area (Å²) in [5.41, 5.74) is 1.18. The van der Waals surface area contributed by atoms with Gasteiger partial charge >= 0.3 is 0 Å². The molecule has 0 bridgehead atoms. The predicted octanol–water partition coefficient (Wildman–Crippen LogP) is 5.84. The lowest BCUT2D eigenvalue weighted by molar-refractivity contribution is 0.970. The maximum atomic E-state index is 6.13. The van der Waals surface area contributed by atoms with Gasteiger partial charge in [0.1, 0.15) is 0 Å². The summed E-state index contributed by atoms with van der Waals surface area (Å²) in [5.74, 6) is 0. The minimum Gasteiger partial charge on any atom is -0.132 e. The van der Waals surface area contributed by atoms with E-state index in [1.807, 2.05) is 18.2 Å². The molecule has 0 aliphatic heterocycles. The average molecular weight is 381 g/mol. The fourth-order valence-electron chi connectivity index (χ4n) is 1.45. The van der Waals surface area contributed by atoms with Crippen molar-refractivity contribution in [3.05, 3.63) is 55.6 Å². The number of hydrogen-bond acceptors (Lipinski definition) is 1. The average Bonchev–Trinajstić information content (AvgIpc) is 2.68. The Labute approximate surface area is 121 Å². The highest BCUT2D eigenvalue weighted by molar-refractivity contribution is 9.11. The smallest absolute Gasteiger partial charge is 0.0701 e. The van der Waals surface area contributed by atoms with Crippen LogP contribution in [0.2, 0.25) is 5.02 Å². The first kappa shape index (κ1) is 12.6. The van der Waals surface area contributed by atoms with E-state index in [1.54, 1.807) is 11.3 Å². The second kappa shape index (κ2) is 5.67. The highest BCUT2D eigenvalue weighted by atomic mass is 79.9. The molecule has 0 saturated heterocycles. The molecule has 0 radical (unpaired) electrons. The number of thiophene rings is 1. The Morgan fingerprint density at radius 1 is 1.19 bits per heavy atom. The molecule has 1 unspecified atom stereocenters. The normalized spacial score (nSPS) is 12.7. The Morgan fingerprint density at radius 2 is 1.94 bits per heavy atom. The zero-order chi connectivity index (χ0) is 11.5. The SMILES string of the molecule is Clc1ccccc1CC(Br)c1ccc(Br)s1. The number of hydrogen-bond donors (Lipinski definition) is 0. The monoisotopic (exact) mass is 378 g/mol. The molecule has 1 atom stereocenters. The minimum atomic E-state index is 0.323. The molecule has 0 nitrogen and oxygen atoms in total. The summed E-state index contributed by atoms with van der Waals surface area (Å²) in [6.45, 7) is 0. The Bertz CT molecular complexity index is 481. The Kier molecular flexibility index (Phi) is 4.48. The third-order valence-electron chi connectivity index (χ3n) is 2.26. The molecule has 2 rings (SSSR count). The van der Waals surface area contributed by atoms with Crippen LogP contribution in [0, 0.1) is 0 Å². The van der Waals surface area contributed by atoms with Crippen LogP contribution in [-0.2, 0) is 6.42 Å². The summed E-state index contributed by atoms with van der Waals surface area (Å²) in [7, 11) is 0. The van der Waals surface area contributed by atoms with E-state index in [0.29, 0.717) is 4.83 Å².